The van der Waals surface area contributed by atoms with E-state index in [1.165, 1.54) is 6.39 Å². The van der Waals surface area contributed by atoms with Crippen molar-refractivity contribution in [3.05, 3.63) is 30.7 Å². The van der Waals surface area contributed by atoms with Crippen LogP contribution in [0, 0.1) is 0 Å². The van der Waals surface area contributed by atoms with E-state index in [1.54, 1.807) is 12.6 Å². The van der Waals surface area contributed by atoms with E-state index in [-0.39, 0.29) is 0 Å². The second-order valence-electron chi connectivity index (χ2n) is 5.83. The third-order valence-electron chi connectivity index (χ3n) is 3.92. The van der Waals surface area contributed by atoms with Gasteiger partial charge in [0.25, 0.3) is 0 Å². The fourth-order valence-corrected chi connectivity index (χ4v) is 2.66. The van der Waals surface area contributed by atoms with Gasteiger partial charge in [0.05, 0.1) is 5.69 Å². The third kappa shape index (κ3) is 3.73. The molecule has 0 spiro atoms. The van der Waals surface area contributed by atoms with Crippen LogP contribution in [0.5, 0.6) is 0 Å². The molecule has 3 rings (SSSR count). The number of oxazole rings is 1. The van der Waals surface area contributed by atoms with E-state index in [0.29, 0.717) is 6.04 Å². The number of likely N-dealkylation sites (tertiary alicyclic amines) is 1. The van der Waals surface area contributed by atoms with Crippen LogP contribution in [0.25, 0.3) is 0 Å². The van der Waals surface area contributed by atoms with Gasteiger partial charge in [-0.15, -0.1) is 0 Å². The molecule has 1 fully saturated rings. The van der Waals surface area contributed by atoms with Gasteiger partial charge in [0, 0.05) is 45.8 Å². The Labute approximate surface area is 130 Å². The van der Waals surface area contributed by atoms with Crippen LogP contribution < -0.4 is 10.2 Å². The van der Waals surface area contributed by atoms with Crippen LogP contribution in [-0.4, -0.2) is 53.1 Å². The molecule has 0 amide bonds. The molecule has 0 atom stereocenters. The van der Waals surface area contributed by atoms with Crippen LogP contribution in [-0.2, 0) is 6.54 Å². The minimum Gasteiger partial charge on any atom is -0.451 e. The van der Waals surface area contributed by atoms with Crippen LogP contribution in [0.15, 0.2) is 29.5 Å². The summed E-state index contributed by atoms with van der Waals surface area (Å²) in [5.41, 5.74) is 0.998. The SMILES string of the molecule is CN(C)c1cc(NC2CCN(Cc3cocn3)CC2)ncn1. The van der Waals surface area contributed by atoms with Crippen molar-refractivity contribution in [2.24, 2.45) is 0 Å². The minimum atomic E-state index is 0.457. The molecule has 2 aromatic rings. The van der Waals surface area contributed by atoms with Gasteiger partial charge in [-0.1, -0.05) is 0 Å². The lowest BCUT2D eigenvalue weighted by atomic mass is 10.0. The van der Waals surface area contributed by atoms with Gasteiger partial charge in [0.15, 0.2) is 6.39 Å². The van der Waals surface area contributed by atoms with Gasteiger partial charge in [-0.05, 0) is 12.8 Å². The number of hydrogen-bond acceptors (Lipinski definition) is 7. The Bertz CT molecular complexity index is 577. The Hall–Kier alpha value is -2.15. The molecule has 118 valence electrons. The average Bonchev–Trinajstić information content (AvgIpc) is 3.02. The predicted octanol–water partition coefficient (Wildman–Crippen LogP) is 1.61. The molecule has 2 aromatic heterocycles. The molecule has 0 aliphatic carbocycles. The maximum Gasteiger partial charge on any atom is 0.180 e. The van der Waals surface area contributed by atoms with Gasteiger partial charge >= 0.3 is 0 Å². The first-order valence-corrected chi connectivity index (χ1v) is 7.56. The van der Waals surface area contributed by atoms with Crippen molar-refractivity contribution >= 4 is 11.6 Å². The number of rotatable bonds is 5. The molecule has 0 unspecified atom stereocenters. The number of piperidine rings is 1. The first kappa shape index (κ1) is 14.8. The fourth-order valence-electron chi connectivity index (χ4n) is 2.66. The van der Waals surface area contributed by atoms with Gasteiger partial charge in [-0.25, -0.2) is 15.0 Å². The molecule has 1 aliphatic heterocycles. The smallest absolute Gasteiger partial charge is 0.180 e. The summed E-state index contributed by atoms with van der Waals surface area (Å²) in [6.07, 6.45) is 7.00. The molecule has 22 heavy (non-hydrogen) atoms. The number of aromatic nitrogens is 3. The van der Waals surface area contributed by atoms with Crippen LogP contribution in [0.1, 0.15) is 18.5 Å². The highest BCUT2D eigenvalue weighted by atomic mass is 16.3. The average molecular weight is 302 g/mol. The van der Waals surface area contributed by atoms with Crippen molar-refractivity contribution in [3.63, 3.8) is 0 Å². The fraction of sp³-hybridized carbons (Fsp3) is 0.533. The van der Waals surface area contributed by atoms with E-state index < -0.39 is 0 Å². The summed E-state index contributed by atoms with van der Waals surface area (Å²) in [6.45, 7) is 2.97. The Morgan fingerprint density at radius 1 is 1.27 bits per heavy atom. The van der Waals surface area contributed by atoms with Crippen LogP contribution in [0.2, 0.25) is 0 Å². The Morgan fingerprint density at radius 2 is 2.09 bits per heavy atom. The first-order chi connectivity index (χ1) is 10.7. The largest absolute Gasteiger partial charge is 0.451 e. The number of hydrogen-bond donors (Lipinski definition) is 1. The molecule has 0 bridgehead atoms. The highest BCUT2D eigenvalue weighted by Gasteiger charge is 2.20. The Balaban J connectivity index is 1.50. The van der Waals surface area contributed by atoms with E-state index in [0.717, 1.165) is 49.8 Å². The number of nitrogens with one attached hydrogen (secondary N) is 1. The first-order valence-electron chi connectivity index (χ1n) is 7.56. The summed E-state index contributed by atoms with van der Waals surface area (Å²) in [4.78, 5) is 17.1. The molecule has 1 saturated heterocycles. The zero-order chi connectivity index (χ0) is 15.4. The molecule has 7 nitrogen and oxygen atoms in total. The molecule has 1 aliphatic rings. The van der Waals surface area contributed by atoms with Crippen molar-refractivity contribution in [3.8, 4) is 0 Å². The highest BCUT2D eigenvalue weighted by molar-refractivity contribution is 5.47. The van der Waals surface area contributed by atoms with Crippen molar-refractivity contribution < 1.29 is 4.42 Å². The Kier molecular flexibility index (Phi) is 4.53. The summed E-state index contributed by atoms with van der Waals surface area (Å²) in [6, 6.07) is 2.44. The van der Waals surface area contributed by atoms with Crippen LogP contribution in [0.3, 0.4) is 0 Å². The molecule has 0 radical (unpaired) electrons. The lowest BCUT2D eigenvalue weighted by Gasteiger charge is -2.32. The number of anilines is 2. The summed E-state index contributed by atoms with van der Waals surface area (Å²) in [7, 11) is 3.96. The van der Waals surface area contributed by atoms with E-state index in [1.807, 2.05) is 25.1 Å². The van der Waals surface area contributed by atoms with E-state index in [4.69, 9.17) is 4.42 Å². The minimum absolute atomic E-state index is 0.457. The van der Waals surface area contributed by atoms with Crippen molar-refractivity contribution in [1.82, 2.24) is 19.9 Å². The summed E-state index contributed by atoms with van der Waals surface area (Å²) < 4.78 is 5.02. The van der Waals surface area contributed by atoms with Gasteiger partial charge < -0.3 is 14.6 Å². The van der Waals surface area contributed by atoms with Crippen molar-refractivity contribution in [2.75, 3.05) is 37.4 Å². The summed E-state index contributed by atoms with van der Waals surface area (Å²) in [5.74, 6) is 1.81. The van der Waals surface area contributed by atoms with Crippen LogP contribution in [0.4, 0.5) is 11.6 Å². The lowest BCUT2D eigenvalue weighted by molar-refractivity contribution is 0.209. The monoisotopic (exact) mass is 302 g/mol. The van der Waals surface area contributed by atoms with E-state index in [9.17, 15) is 0 Å². The maximum atomic E-state index is 5.02. The highest BCUT2D eigenvalue weighted by Crippen LogP contribution is 2.18. The van der Waals surface area contributed by atoms with Gasteiger partial charge in [-0.3, -0.25) is 4.90 Å². The third-order valence-corrected chi connectivity index (χ3v) is 3.92. The predicted molar refractivity (Wildman–Crippen MR) is 84.8 cm³/mol. The molecular weight excluding hydrogens is 280 g/mol. The molecule has 1 N–H and O–H groups in total. The second-order valence-corrected chi connectivity index (χ2v) is 5.83. The number of nitrogens with zero attached hydrogens (tertiary/aromatic N) is 5. The normalized spacial score (nSPS) is 16.6. The van der Waals surface area contributed by atoms with E-state index >= 15 is 0 Å². The zero-order valence-corrected chi connectivity index (χ0v) is 13.1. The standard InChI is InChI=1S/C15H22N6O/c1-20(2)15-7-14(16-10-17-15)19-12-3-5-21(6-4-12)8-13-9-22-11-18-13/h7,9-12H,3-6,8H2,1-2H3,(H,16,17,19). The quantitative estimate of drug-likeness (QED) is 0.899. The molecule has 7 heteroatoms. The second kappa shape index (κ2) is 6.74. The maximum absolute atomic E-state index is 5.02. The van der Waals surface area contributed by atoms with Gasteiger partial charge in [0.1, 0.15) is 24.2 Å². The van der Waals surface area contributed by atoms with Crippen molar-refractivity contribution in [1.29, 1.82) is 0 Å². The molecular formula is C15H22N6O. The summed E-state index contributed by atoms with van der Waals surface area (Å²) >= 11 is 0. The van der Waals surface area contributed by atoms with Gasteiger partial charge in [-0.2, -0.15) is 0 Å². The van der Waals surface area contributed by atoms with E-state index in [2.05, 4.69) is 25.2 Å². The molecule has 0 saturated carbocycles. The molecule has 3 heterocycles. The van der Waals surface area contributed by atoms with Gasteiger partial charge in [0.2, 0.25) is 0 Å². The molecule has 0 aromatic carbocycles. The topological polar surface area (TPSA) is 70.3 Å². The van der Waals surface area contributed by atoms with Crippen LogP contribution >= 0.6 is 0 Å². The Morgan fingerprint density at radius 3 is 2.77 bits per heavy atom. The zero-order valence-electron chi connectivity index (χ0n) is 13.1. The van der Waals surface area contributed by atoms with Crippen molar-refractivity contribution in [2.45, 2.75) is 25.4 Å². The summed E-state index contributed by atoms with van der Waals surface area (Å²) in [5, 5.41) is 3.52. The lowest BCUT2D eigenvalue weighted by Crippen LogP contribution is -2.38.